The number of halogens is 3. The van der Waals surface area contributed by atoms with Crippen LogP contribution in [0.1, 0.15) is 21.5 Å². The fourth-order valence-corrected chi connectivity index (χ4v) is 5.00. The quantitative estimate of drug-likeness (QED) is 0.262. The lowest BCUT2D eigenvalue weighted by Gasteiger charge is -2.27. The van der Waals surface area contributed by atoms with Crippen molar-refractivity contribution < 1.29 is 29.0 Å². The molecule has 0 radical (unpaired) electrons. The fourth-order valence-electron chi connectivity index (χ4n) is 3.40. The number of carboxylic acid groups (broad SMARTS) is 1. The van der Waals surface area contributed by atoms with Gasteiger partial charge in [0.25, 0.3) is 11.8 Å². The van der Waals surface area contributed by atoms with Crippen molar-refractivity contribution in [2.24, 2.45) is 0 Å². The number of nitrogens with one attached hydrogen (secondary N) is 1. The predicted octanol–water partition coefficient (Wildman–Crippen LogP) is 5.81. The summed E-state index contributed by atoms with van der Waals surface area (Å²) in [6.45, 7) is 0.0840. The van der Waals surface area contributed by atoms with Gasteiger partial charge in [0.2, 0.25) is 0 Å². The number of para-hydroxylation sites is 1. The summed E-state index contributed by atoms with van der Waals surface area (Å²) in [5.74, 6) is -2.41. The van der Waals surface area contributed by atoms with Gasteiger partial charge in [-0.3, -0.25) is 14.9 Å². The van der Waals surface area contributed by atoms with Crippen LogP contribution in [-0.2, 0) is 16.2 Å². The van der Waals surface area contributed by atoms with Crippen LogP contribution in [0.4, 0.5) is 10.5 Å². The molecule has 0 atom stereocenters. The van der Waals surface area contributed by atoms with E-state index in [-0.39, 0.29) is 28.5 Å². The first kappa shape index (κ1) is 25.6. The average molecular weight is 635 g/mol. The van der Waals surface area contributed by atoms with Crippen LogP contribution in [0.25, 0.3) is 6.08 Å². The van der Waals surface area contributed by atoms with Crippen LogP contribution in [0.2, 0.25) is 5.02 Å². The Morgan fingerprint density at radius 1 is 1.06 bits per heavy atom. The van der Waals surface area contributed by atoms with E-state index in [2.05, 4.69) is 37.2 Å². The normalized spacial score (nSPS) is 14.7. The van der Waals surface area contributed by atoms with Crippen molar-refractivity contribution >= 4 is 79.0 Å². The zero-order valence-corrected chi connectivity index (χ0v) is 22.1. The first-order valence-corrected chi connectivity index (χ1v) is 12.2. The number of ether oxygens (including phenoxy) is 1. The Hall–Kier alpha value is -3.47. The Morgan fingerprint density at radius 3 is 2.42 bits per heavy atom. The van der Waals surface area contributed by atoms with Crippen LogP contribution >= 0.6 is 43.5 Å². The summed E-state index contributed by atoms with van der Waals surface area (Å²) in [5.41, 5.74) is 1.07. The van der Waals surface area contributed by atoms with E-state index in [1.807, 2.05) is 0 Å². The number of benzene rings is 3. The number of barbiturate groups is 1. The first-order valence-electron chi connectivity index (χ1n) is 10.3. The van der Waals surface area contributed by atoms with E-state index in [0.717, 1.165) is 4.90 Å². The second-order valence-corrected chi connectivity index (χ2v) is 9.68. The molecule has 8 nitrogen and oxygen atoms in total. The molecule has 3 aromatic carbocycles. The molecule has 182 valence electrons. The summed E-state index contributed by atoms with van der Waals surface area (Å²) >= 11 is 13.0. The molecule has 3 aromatic rings. The predicted molar refractivity (Wildman–Crippen MR) is 140 cm³/mol. The number of rotatable bonds is 6. The number of nitrogens with zero attached hydrogens (tertiary/aromatic N) is 1. The third-order valence-corrected chi connectivity index (χ3v) is 6.48. The van der Waals surface area contributed by atoms with Gasteiger partial charge in [-0.05, 0) is 64.0 Å². The minimum Gasteiger partial charge on any atom is -0.487 e. The van der Waals surface area contributed by atoms with E-state index in [1.54, 1.807) is 36.4 Å². The van der Waals surface area contributed by atoms with Crippen molar-refractivity contribution in [3.8, 4) is 5.75 Å². The summed E-state index contributed by atoms with van der Waals surface area (Å²) in [5, 5.41) is 11.4. The van der Waals surface area contributed by atoms with Crippen LogP contribution in [0, 0.1) is 0 Å². The summed E-state index contributed by atoms with van der Waals surface area (Å²) in [7, 11) is 0. The standard InChI is InChI=1S/C25H15Br2ClN2O6/c26-16-9-15(21(18(27)11-16)36-12-13-5-7-14(8-6-13)24(33)34)10-17-22(31)29-25(35)30(23(17)32)20-4-2-1-3-19(20)28/h1-11H,12H2,(H,33,34)(H,29,31,35)/b17-10+. The van der Waals surface area contributed by atoms with Gasteiger partial charge >= 0.3 is 12.0 Å². The minimum atomic E-state index is -1.04. The summed E-state index contributed by atoms with van der Waals surface area (Å²) in [6.07, 6.45) is 1.33. The molecule has 0 aliphatic carbocycles. The Morgan fingerprint density at radius 2 is 1.75 bits per heavy atom. The Labute approximate surface area is 226 Å². The third-order valence-electron chi connectivity index (χ3n) is 5.12. The SMILES string of the molecule is O=C1NC(=O)N(c2ccccc2Cl)C(=O)/C1=C/c1cc(Br)cc(Br)c1OCc1ccc(C(=O)O)cc1. The Balaban J connectivity index is 1.69. The zero-order chi connectivity index (χ0) is 26.0. The summed E-state index contributed by atoms with van der Waals surface area (Å²) in [4.78, 5) is 50.2. The first-order chi connectivity index (χ1) is 17.2. The van der Waals surface area contributed by atoms with Crippen LogP contribution in [0.5, 0.6) is 5.75 Å². The molecule has 0 bridgehead atoms. The van der Waals surface area contributed by atoms with Crippen LogP contribution < -0.4 is 15.0 Å². The van der Waals surface area contributed by atoms with Crippen molar-refractivity contribution in [2.45, 2.75) is 6.61 Å². The smallest absolute Gasteiger partial charge is 0.335 e. The van der Waals surface area contributed by atoms with Gasteiger partial charge in [0, 0.05) is 10.0 Å². The van der Waals surface area contributed by atoms with Gasteiger partial charge in [0.1, 0.15) is 17.9 Å². The number of aromatic carboxylic acids is 1. The van der Waals surface area contributed by atoms with Crippen molar-refractivity contribution in [3.05, 3.63) is 96.9 Å². The number of carbonyl (C=O) groups is 4. The molecule has 1 aliphatic rings. The fraction of sp³-hybridized carbons (Fsp3) is 0.0400. The molecule has 1 fully saturated rings. The topological polar surface area (TPSA) is 113 Å². The molecular weight excluding hydrogens is 620 g/mol. The lowest BCUT2D eigenvalue weighted by molar-refractivity contribution is -0.122. The molecule has 1 aliphatic heterocycles. The molecule has 0 aromatic heterocycles. The van der Waals surface area contributed by atoms with Crippen molar-refractivity contribution in [1.29, 1.82) is 0 Å². The van der Waals surface area contributed by atoms with Gasteiger partial charge in [-0.25, -0.2) is 14.5 Å². The minimum absolute atomic E-state index is 0.0840. The van der Waals surface area contributed by atoms with E-state index in [0.29, 0.717) is 25.8 Å². The van der Waals surface area contributed by atoms with Gasteiger partial charge < -0.3 is 9.84 Å². The number of imide groups is 2. The molecule has 0 saturated carbocycles. The molecule has 0 spiro atoms. The second kappa shape index (κ2) is 10.7. The van der Waals surface area contributed by atoms with Crippen LogP contribution in [0.15, 0.2) is 75.2 Å². The van der Waals surface area contributed by atoms with Gasteiger partial charge in [-0.15, -0.1) is 0 Å². The maximum atomic E-state index is 13.3. The molecule has 36 heavy (non-hydrogen) atoms. The number of anilines is 1. The molecular formula is C25H15Br2ClN2O6. The van der Waals surface area contributed by atoms with E-state index in [1.165, 1.54) is 30.3 Å². The number of urea groups is 1. The highest BCUT2D eigenvalue weighted by molar-refractivity contribution is 9.11. The number of carbonyl (C=O) groups excluding carboxylic acids is 3. The highest BCUT2D eigenvalue weighted by atomic mass is 79.9. The van der Waals surface area contributed by atoms with Crippen LogP contribution in [0.3, 0.4) is 0 Å². The Kier molecular flexibility index (Phi) is 7.58. The molecule has 0 unspecified atom stereocenters. The average Bonchev–Trinajstić information content (AvgIpc) is 2.82. The molecule has 4 amide bonds. The van der Waals surface area contributed by atoms with Gasteiger partial charge in [0.05, 0.1) is 20.7 Å². The lowest BCUT2D eigenvalue weighted by atomic mass is 10.1. The van der Waals surface area contributed by atoms with E-state index < -0.39 is 23.8 Å². The van der Waals surface area contributed by atoms with Crippen molar-refractivity contribution in [2.75, 3.05) is 4.90 Å². The highest BCUT2D eigenvalue weighted by Crippen LogP contribution is 2.36. The van der Waals surface area contributed by atoms with Gasteiger partial charge in [-0.2, -0.15) is 0 Å². The van der Waals surface area contributed by atoms with Gasteiger partial charge in [-0.1, -0.05) is 51.8 Å². The highest BCUT2D eigenvalue weighted by Gasteiger charge is 2.37. The van der Waals surface area contributed by atoms with Crippen LogP contribution in [-0.4, -0.2) is 28.9 Å². The number of carboxylic acids is 1. The number of amides is 4. The molecule has 11 heteroatoms. The van der Waals surface area contributed by atoms with Crippen molar-refractivity contribution in [3.63, 3.8) is 0 Å². The maximum absolute atomic E-state index is 13.3. The molecule has 2 N–H and O–H groups in total. The third kappa shape index (κ3) is 5.35. The maximum Gasteiger partial charge on any atom is 0.335 e. The van der Waals surface area contributed by atoms with E-state index in [9.17, 15) is 19.2 Å². The number of hydrogen-bond donors (Lipinski definition) is 2. The van der Waals surface area contributed by atoms with Crippen molar-refractivity contribution in [1.82, 2.24) is 5.32 Å². The lowest BCUT2D eigenvalue weighted by Crippen LogP contribution is -2.54. The monoisotopic (exact) mass is 632 g/mol. The largest absolute Gasteiger partial charge is 0.487 e. The Bertz CT molecular complexity index is 1440. The molecule has 4 rings (SSSR count). The second-order valence-electron chi connectivity index (χ2n) is 7.51. The molecule has 1 heterocycles. The number of hydrogen-bond acceptors (Lipinski definition) is 5. The van der Waals surface area contributed by atoms with E-state index >= 15 is 0 Å². The van der Waals surface area contributed by atoms with Gasteiger partial charge in [0.15, 0.2) is 0 Å². The van der Waals surface area contributed by atoms with E-state index in [4.69, 9.17) is 21.4 Å². The summed E-state index contributed by atoms with van der Waals surface area (Å²) in [6, 6.07) is 14.9. The zero-order valence-electron chi connectivity index (χ0n) is 18.1. The molecule has 1 saturated heterocycles. The summed E-state index contributed by atoms with van der Waals surface area (Å²) < 4.78 is 7.15.